The summed E-state index contributed by atoms with van der Waals surface area (Å²) in [7, 11) is -0.414. The van der Waals surface area contributed by atoms with Crippen molar-refractivity contribution in [1.82, 2.24) is 19.6 Å². The first-order valence-electron chi connectivity index (χ1n) is 9.97. The largest absolute Gasteiger partial charge is 0.473 e. The van der Waals surface area contributed by atoms with Crippen LogP contribution in [0.25, 0.3) is 0 Å². The summed E-state index contributed by atoms with van der Waals surface area (Å²) in [5, 5.41) is 7.14. The topological polar surface area (TPSA) is 116 Å². The zero-order valence-corrected chi connectivity index (χ0v) is 19.7. The van der Waals surface area contributed by atoms with Gasteiger partial charge in [0.2, 0.25) is 11.7 Å². The molecule has 2 heterocycles. The molecule has 1 saturated carbocycles. The Kier molecular flexibility index (Phi) is 5.54. The van der Waals surface area contributed by atoms with E-state index in [1.54, 1.807) is 18.7 Å². The van der Waals surface area contributed by atoms with Crippen LogP contribution in [0, 0.1) is 6.92 Å². The fraction of sp³-hybridized carbons (Fsp3) is 0.381. The summed E-state index contributed by atoms with van der Waals surface area (Å²) in [6, 6.07) is 4.47. The van der Waals surface area contributed by atoms with Crippen molar-refractivity contribution in [2.45, 2.75) is 37.2 Å². The molecule has 170 valence electrons. The first-order valence-corrected chi connectivity index (χ1v) is 12.2. The van der Waals surface area contributed by atoms with Crippen molar-refractivity contribution in [1.29, 1.82) is 0 Å². The van der Waals surface area contributed by atoms with E-state index >= 15 is 0 Å². The zero-order valence-electron chi connectivity index (χ0n) is 18.1. The van der Waals surface area contributed by atoms with Crippen LogP contribution in [-0.4, -0.2) is 40.0 Å². The Balaban J connectivity index is 1.74. The third-order valence-corrected chi connectivity index (χ3v) is 7.13. The van der Waals surface area contributed by atoms with E-state index in [1.807, 2.05) is 6.07 Å². The molecule has 1 aliphatic rings. The number of halogens is 1. The normalized spacial score (nSPS) is 14.0. The lowest BCUT2D eigenvalue weighted by Crippen LogP contribution is -2.20. The van der Waals surface area contributed by atoms with E-state index in [1.165, 1.54) is 23.9 Å². The molecule has 1 fully saturated rings. The second-order valence-electron chi connectivity index (χ2n) is 8.08. The number of nitrogens with one attached hydrogen (secondary N) is 1. The maximum atomic E-state index is 13.1. The van der Waals surface area contributed by atoms with Crippen LogP contribution in [0.1, 0.15) is 51.6 Å². The molecule has 3 aromatic rings. The first-order chi connectivity index (χ1) is 15.0. The van der Waals surface area contributed by atoms with Gasteiger partial charge >= 0.3 is 0 Å². The van der Waals surface area contributed by atoms with Gasteiger partial charge in [-0.1, -0.05) is 11.6 Å². The molecular formula is C21H23ClN4O5S. The first kappa shape index (κ1) is 22.3. The number of hydrogen-bond donors (Lipinski definition) is 1. The number of rotatable bonds is 7. The van der Waals surface area contributed by atoms with Crippen molar-refractivity contribution in [2.24, 2.45) is 14.1 Å². The average molecular weight is 479 g/mol. The number of carbonyl (C=O) groups is 1. The SMILES string of the molecule is Cc1[nH]n(C)c(=O)c1C(=O)c1ccc(S(C)(=O)=O)c(COc2cc(C3CC3)nn2C)c1Cl. The summed E-state index contributed by atoms with van der Waals surface area (Å²) >= 11 is 6.54. The Morgan fingerprint density at radius 2 is 2.00 bits per heavy atom. The van der Waals surface area contributed by atoms with Gasteiger partial charge in [-0.3, -0.25) is 19.4 Å². The van der Waals surface area contributed by atoms with Crippen LogP contribution in [0.15, 0.2) is 27.9 Å². The molecule has 0 unspecified atom stereocenters. The maximum Gasteiger partial charge on any atom is 0.277 e. The van der Waals surface area contributed by atoms with Gasteiger partial charge in [-0.05, 0) is 31.9 Å². The summed E-state index contributed by atoms with van der Waals surface area (Å²) in [6.07, 6.45) is 3.23. The van der Waals surface area contributed by atoms with Crippen molar-refractivity contribution >= 4 is 27.2 Å². The van der Waals surface area contributed by atoms with Gasteiger partial charge in [0.05, 0.1) is 15.6 Å². The van der Waals surface area contributed by atoms with E-state index < -0.39 is 21.2 Å². The molecule has 1 N–H and O–H groups in total. The van der Waals surface area contributed by atoms with Crippen LogP contribution in [0.5, 0.6) is 5.88 Å². The molecule has 2 aromatic heterocycles. The van der Waals surface area contributed by atoms with Crippen LogP contribution >= 0.6 is 11.6 Å². The van der Waals surface area contributed by atoms with E-state index in [0.29, 0.717) is 17.5 Å². The number of aromatic nitrogens is 4. The lowest BCUT2D eigenvalue weighted by Gasteiger charge is -2.14. The smallest absolute Gasteiger partial charge is 0.277 e. The van der Waals surface area contributed by atoms with Gasteiger partial charge in [0.1, 0.15) is 12.2 Å². The second-order valence-corrected chi connectivity index (χ2v) is 10.4. The van der Waals surface area contributed by atoms with Gasteiger partial charge in [-0.25, -0.2) is 13.1 Å². The van der Waals surface area contributed by atoms with Gasteiger partial charge in [0, 0.05) is 49.2 Å². The molecule has 1 aromatic carbocycles. The van der Waals surface area contributed by atoms with Crippen molar-refractivity contribution in [3.8, 4) is 5.88 Å². The minimum atomic E-state index is -3.66. The molecule has 1 aliphatic carbocycles. The van der Waals surface area contributed by atoms with Crippen molar-refractivity contribution < 1.29 is 17.9 Å². The molecule has 0 radical (unpaired) electrons. The standard InChI is InChI=1S/C21H23ClN4O5S/c1-11-18(21(28)26(3)23-11)20(27)13-7-8-16(32(4,29)30)14(19(13)22)10-31-17-9-15(12-5-6-12)24-25(17)2/h7-9,12,23H,5-6,10H2,1-4H3. The van der Waals surface area contributed by atoms with Crippen molar-refractivity contribution in [2.75, 3.05) is 6.26 Å². The fourth-order valence-electron chi connectivity index (χ4n) is 3.68. The number of ketones is 1. The van der Waals surface area contributed by atoms with Gasteiger partial charge in [0.15, 0.2) is 9.84 Å². The summed E-state index contributed by atoms with van der Waals surface area (Å²) in [5.41, 5.74) is 0.969. The number of sulfone groups is 1. The minimum Gasteiger partial charge on any atom is -0.473 e. The Morgan fingerprint density at radius 3 is 2.56 bits per heavy atom. The van der Waals surface area contributed by atoms with E-state index in [0.717, 1.165) is 24.8 Å². The predicted molar refractivity (Wildman–Crippen MR) is 118 cm³/mol. The molecule has 0 aliphatic heterocycles. The summed E-state index contributed by atoms with van der Waals surface area (Å²) in [5.74, 6) is 0.309. The number of aryl methyl sites for hydroxylation is 3. The minimum absolute atomic E-state index is 0.0288. The quantitative estimate of drug-likeness (QED) is 0.521. The third-order valence-electron chi connectivity index (χ3n) is 5.52. The molecule has 0 amide bonds. The Bertz CT molecular complexity index is 1400. The summed E-state index contributed by atoms with van der Waals surface area (Å²) < 4.78 is 33.4. The highest BCUT2D eigenvalue weighted by Gasteiger charge is 2.28. The molecule has 32 heavy (non-hydrogen) atoms. The van der Waals surface area contributed by atoms with E-state index in [4.69, 9.17) is 16.3 Å². The van der Waals surface area contributed by atoms with Gasteiger partial charge in [-0.15, -0.1) is 0 Å². The predicted octanol–water partition coefficient (Wildman–Crippen LogP) is 2.50. The number of H-pyrrole nitrogens is 1. The molecule has 0 atom stereocenters. The Labute approximate surface area is 189 Å². The average Bonchev–Trinajstić information content (AvgIpc) is 3.43. The van der Waals surface area contributed by atoms with Crippen LogP contribution in [0.3, 0.4) is 0 Å². The van der Waals surface area contributed by atoms with Crippen molar-refractivity contribution in [3.63, 3.8) is 0 Å². The van der Waals surface area contributed by atoms with Crippen molar-refractivity contribution in [3.05, 3.63) is 61.7 Å². The number of benzene rings is 1. The number of nitrogens with zero attached hydrogens (tertiary/aromatic N) is 3. The number of ether oxygens (including phenoxy) is 1. The number of hydrogen-bond acceptors (Lipinski definition) is 6. The molecule has 0 spiro atoms. The van der Waals surface area contributed by atoms with Gasteiger partial charge < -0.3 is 4.74 Å². The Morgan fingerprint density at radius 1 is 1.31 bits per heavy atom. The number of carbonyl (C=O) groups excluding carboxylic acids is 1. The Hall–Kier alpha value is -2.85. The second kappa shape index (κ2) is 7.93. The lowest BCUT2D eigenvalue weighted by atomic mass is 10.0. The lowest BCUT2D eigenvalue weighted by molar-refractivity contribution is 0.103. The van der Waals surface area contributed by atoms with Crippen LogP contribution in [0.4, 0.5) is 0 Å². The number of aromatic amines is 1. The van der Waals surface area contributed by atoms with Crippen LogP contribution < -0.4 is 10.3 Å². The maximum absolute atomic E-state index is 13.1. The van der Waals surface area contributed by atoms with E-state index in [2.05, 4.69) is 10.2 Å². The molecule has 0 saturated heterocycles. The third kappa shape index (κ3) is 4.00. The summed E-state index contributed by atoms with van der Waals surface area (Å²) in [4.78, 5) is 25.5. The van der Waals surface area contributed by atoms with E-state index in [9.17, 15) is 18.0 Å². The molecular weight excluding hydrogens is 456 g/mol. The zero-order chi connectivity index (χ0) is 23.4. The molecule has 9 nitrogen and oxygen atoms in total. The molecule has 11 heteroatoms. The highest BCUT2D eigenvalue weighted by atomic mass is 35.5. The molecule has 4 rings (SSSR count). The monoisotopic (exact) mass is 478 g/mol. The highest BCUT2D eigenvalue weighted by molar-refractivity contribution is 7.90. The van der Waals surface area contributed by atoms with Crippen LogP contribution in [0.2, 0.25) is 5.02 Å². The van der Waals surface area contributed by atoms with Crippen LogP contribution in [-0.2, 0) is 30.5 Å². The van der Waals surface area contributed by atoms with Gasteiger partial charge in [0.25, 0.3) is 5.56 Å². The summed E-state index contributed by atoms with van der Waals surface area (Å²) in [6.45, 7) is 1.42. The molecule has 0 bridgehead atoms. The van der Waals surface area contributed by atoms with Gasteiger partial charge in [-0.2, -0.15) is 5.10 Å². The fourth-order valence-corrected chi connectivity index (χ4v) is 4.97. The highest BCUT2D eigenvalue weighted by Crippen LogP contribution is 2.40. The van der Waals surface area contributed by atoms with E-state index in [-0.39, 0.29) is 33.2 Å².